The molecular formula is C21H30O3Si. The first-order valence-corrected chi connectivity index (χ1v) is 13.0. The second-order valence-corrected chi connectivity index (χ2v) is 12.9. The van der Waals surface area contributed by atoms with Gasteiger partial charge in [-0.25, -0.2) is 0 Å². The second kappa shape index (κ2) is 7.63. The Bertz CT molecular complexity index is 628. The predicted octanol–water partition coefficient (Wildman–Crippen LogP) is 4.67. The van der Waals surface area contributed by atoms with Crippen LogP contribution in [-0.2, 0) is 20.2 Å². The summed E-state index contributed by atoms with van der Waals surface area (Å²) in [7, 11) is -1.36. The number of ether oxygens (including phenoxy) is 3. The van der Waals surface area contributed by atoms with E-state index >= 15 is 0 Å². The first kappa shape index (κ1) is 18.7. The van der Waals surface area contributed by atoms with Gasteiger partial charge in [0, 0.05) is 17.0 Å². The maximum atomic E-state index is 6.29. The van der Waals surface area contributed by atoms with Crippen LogP contribution >= 0.6 is 0 Å². The van der Waals surface area contributed by atoms with Crippen molar-refractivity contribution in [3.8, 4) is 11.5 Å². The van der Waals surface area contributed by atoms with Crippen LogP contribution in [0.4, 0.5) is 0 Å². The standard InChI is InChI=1S/C21H30O3Si/c1-5-6-7-8-20-18-15-22-21(24-20,23-16-18)19-11-9-17(10-12-19)13-14-25(2,3)4/h9-12,18,20H,5-8,15-16H2,1-4H3. The van der Waals surface area contributed by atoms with E-state index in [0.717, 1.165) is 17.5 Å². The van der Waals surface area contributed by atoms with Crippen LogP contribution in [0.1, 0.15) is 43.7 Å². The molecule has 25 heavy (non-hydrogen) atoms. The van der Waals surface area contributed by atoms with Gasteiger partial charge in [-0.15, -0.1) is 5.54 Å². The Kier molecular flexibility index (Phi) is 5.70. The molecule has 0 N–H and O–H groups in total. The van der Waals surface area contributed by atoms with Crippen molar-refractivity contribution in [1.82, 2.24) is 0 Å². The van der Waals surface area contributed by atoms with Gasteiger partial charge in [0.2, 0.25) is 0 Å². The fourth-order valence-corrected chi connectivity index (χ4v) is 3.76. The maximum absolute atomic E-state index is 6.29. The molecule has 3 saturated heterocycles. The lowest BCUT2D eigenvalue weighted by Gasteiger charge is -2.49. The average Bonchev–Trinajstić information content (AvgIpc) is 2.61. The van der Waals surface area contributed by atoms with E-state index in [2.05, 4.69) is 38.0 Å². The monoisotopic (exact) mass is 358 g/mol. The molecule has 4 heteroatoms. The molecule has 2 bridgehead atoms. The smallest absolute Gasteiger partial charge is 0.312 e. The second-order valence-electron chi connectivity index (χ2n) is 8.17. The molecule has 3 nitrogen and oxygen atoms in total. The molecule has 0 amide bonds. The van der Waals surface area contributed by atoms with Crippen molar-refractivity contribution >= 4 is 8.07 Å². The van der Waals surface area contributed by atoms with Gasteiger partial charge in [-0.2, -0.15) is 0 Å². The molecule has 0 spiro atoms. The Morgan fingerprint density at radius 1 is 1.08 bits per heavy atom. The minimum Gasteiger partial charge on any atom is -0.323 e. The Morgan fingerprint density at radius 2 is 1.76 bits per heavy atom. The van der Waals surface area contributed by atoms with Crippen molar-refractivity contribution in [2.75, 3.05) is 13.2 Å². The van der Waals surface area contributed by atoms with E-state index in [4.69, 9.17) is 14.2 Å². The highest BCUT2D eigenvalue weighted by Crippen LogP contribution is 2.43. The molecule has 0 aliphatic carbocycles. The van der Waals surface area contributed by atoms with Gasteiger partial charge in [0.1, 0.15) is 8.07 Å². The number of benzene rings is 1. The van der Waals surface area contributed by atoms with Gasteiger partial charge in [-0.1, -0.05) is 51.7 Å². The zero-order valence-electron chi connectivity index (χ0n) is 15.9. The molecule has 3 aliphatic rings. The largest absolute Gasteiger partial charge is 0.323 e. The Labute approximate surface area is 153 Å². The topological polar surface area (TPSA) is 27.7 Å². The van der Waals surface area contributed by atoms with E-state index in [9.17, 15) is 0 Å². The maximum Gasteiger partial charge on any atom is 0.312 e. The molecule has 1 aromatic rings. The quantitative estimate of drug-likeness (QED) is 0.435. The highest BCUT2D eigenvalue weighted by atomic mass is 28.3. The highest BCUT2D eigenvalue weighted by Gasteiger charge is 2.50. The van der Waals surface area contributed by atoms with E-state index in [1.54, 1.807) is 0 Å². The van der Waals surface area contributed by atoms with Crippen LogP contribution in [0.15, 0.2) is 24.3 Å². The number of fused-ring (bicyclic) bond motifs is 3. The molecular weight excluding hydrogens is 328 g/mol. The number of hydrogen-bond donors (Lipinski definition) is 0. The van der Waals surface area contributed by atoms with Crippen molar-refractivity contribution in [3.63, 3.8) is 0 Å². The van der Waals surface area contributed by atoms with E-state index < -0.39 is 14.0 Å². The van der Waals surface area contributed by atoms with E-state index in [-0.39, 0.29) is 6.10 Å². The molecule has 1 aromatic carbocycles. The fraction of sp³-hybridized carbons (Fsp3) is 0.619. The van der Waals surface area contributed by atoms with Gasteiger partial charge < -0.3 is 14.2 Å². The minimum atomic E-state index is -1.36. The molecule has 4 rings (SSSR count). The van der Waals surface area contributed by atoms with Crippen LogP contribution in [0, 0.1) is 17.4 Å². The molecule has 3 aliphatic heterocycles. The molecule has 3 heterocycles. The summed E-state index contributed by atoms with van der Waals surface area (Å²) in [6, 6.07) is 8.14. The predicted molar refractivity (Wildman–Crippen MR) is 103 cm³/mol. The van der Waals surface area contributed by atoms with Gasteiger partial charge >= 0.3 is 5.97 Å². The van der Waals surface area contributed by atoms with Crippen LogP contribution in [-0.4, -0.2) is 27.4 Å². The molecule has 0 radical (unpaired) electrons. The third-order valence-corrected chi connectivity index (χ3v) is 5.59. The third-order valence-electron chi connectivity index (χ3n) is 4.72. The summed E-state index contributed by atoms with van der Waals surface area (Å²) in [5.41, 5.74) is 5.37. The van der Waals surface area contributed by atoms with Crippen molar-refractivity contribution < 1.29 is 14.2 Å². The Morgan fingerprint density at radius 3 is 2.36 bits per heavy atom. The molecule has 0 aromatic heterocycles. The van der Waals surface area contributed by atoms with Crippen LogP contribution in [0.3, 0.4) is 0 Å². The fourth-order valence-electron chi connectivity index (χ4n) is 3.24. The van der Waals surface area contributed by atoms with Crippen LogP contribution in [0.5, 0.6) is 0 Å². The van der Waals surface area contributed by atoms with Crippen LogP contribution < -0.4 is 0 Å². The van der Waals surface area contributed by atoms with Crippen molar-refractivity contribution in [1.29, 1.82) is 0 Å². The molecule has 3 fully saturated rings. The summed E-state index contributed by atoms with van der Waals surface area (Å²) in [5, 5.41) is 0. The minimum absolute atomic E-state index is 0.236. The van der Waals surface area contributed by atoms with Crippen molar-refractivity contribution in [2.24, 2.45) is 5.92 Å². The van der Waals surface area contributed by atoms with Gasteiger partial charge in [-0.3, -0.25) is 0 Å². The Hall–Kier alpha value is -1.12. The third kappa shape index (κ3) is 4.54. The summed E-state index contributed by atoms with van der Waals surface area (Å²) < 4.78 is 18.2. The number of unbranched alkanes of at least 4 members (excludes halogenated alkanes) is 2. The summed E-state index contributed by atoms with van der Waals surface area (Å²) in [4.78, 5) is 0. The average molecular weight is 359 g/mol. The van der Waals surface area contributed by atoms with Crippen LogP contribution in [0.2, 0.25) is 19.6 Å². The van der Waals surface area contributed by atoms with E-state index in [1.807, 2.05) is 24.3 Å². The van der Waals surface area contributed by atoms with Crippen molar-refractivity contribution in [3.05, 3.63) is 35.4 Å². The van der Waals surface area contributed by atoms with Crippen LogP contribution in [0.25, 0.3) is 0 Å². The SMILES string of the molecule is CCCCCC1OC2(c3ccc(C#C[Si](C)(C)C)cc3)OCC1CO2. The molecule has 136 valence electrons. The lowest BCUT2D eigenvalue weighted by Crippen LogP contribution is -2.56. The zero-order valence-corrected chi connectivity index (χ0v) is 16.9. The molecule has 1 atom stereocenters. The first-order valence-electron chi connectivity index (χ1n) is 9.51. The lowest BCUT2D eigenvalue weighted by molar-refractivity contribution is -0.479. The number of hydrogen-bond acceptors (Lipinski definition) is 3. The zero-order chi connectivity index (χ0) is 17.9. The van der Waals surface area contributed by atoms with E-state index in [0.29, 0.717) is 19.1 Å². The lowest BCUT2D eigenvalue weighted by atomic mass is 9.95. The Balaban J connectivity index is 1.72. The molecule has 1 unspecified atom stereocenters. The molecule has 0 saturated carbocycles. The number of rotatable bonds is 5. The summed E-state index contributed by atoms with van der Waals surface area (Å²) >= 11 is 0. The van der Waals surface area contributed by atoms with Gasteiger partial charge in [0.05, 0.1) is 19.3 Å². The highest BCUT2D eigenvalue weighted by molar-refractivity contribution is 6.83. The van der Waals surface area contributed by atoms with Crippen molar-refractivity contribution in [2.45, 2.75) is 64.3 Å². The van der Waals surface area contributed by atoms with Gasteiger partial charge in [0.15, 0.2) is 0 Å². The summed E-state index contributed by atoms with van der Waals surface area (Å²) in [5.74, 6) is 2.63. The van der Waals surface area contributed by atoms with E-state index in [1.165, 1.54) is 19.3 Å². The normalized spacial score (nSPS) is 28.5. The first-order chi connectivity index (χ1) is 11.9. The summed E-state index contributed by atoms with van der Waals surface area (Å²) in [6.45, 7) is 10.4. The van der Waals surface area contributed by atoms with Gasteiger partial charge in [0.25, 0.3) is 0 Å². The van der Waals surface area contributed by atoms with Gasteiger partial charge in [-0.05, 0) is 30.7 Å². The summed E-state index contributed by atoms with van der Waals surface area (Å²) in [6.07, 6.45) is 5.02.